The Balaban J connectivity index is 1.07. The molecule has 11 aromatic rings. The molecule has 8 aromatic heterocycles. The SMILES string of the molecule is CCCCCCCCOC(=O)/C(C#N)=C/c1cc(CCCCCCCC)c(-c2ccc(-c3sc(-c4cc5c(-c6ccc(OCC(CC)CCCC)c(F)c6)c6sc(-c7cc(CCCCCCCC)c(-c8ccc(-c9sc(/C=C(\C#N)C(=O)OCCCCCCCC)cc9CCCCCCCC)s8)s7)cc6c(-c6ccc(OCC(CC)CCCC)c(F)c6)c5s4)cc3CCCCCCCC)s2)s1. The number of nitrogens with zero attached hydrogens (tertiary/aromatic N) is 2. The van der Waals surface area contributed by atoms with Crippen molar-refractivity contribution in [3.05, 3.63) is 152 Å². The van der Waals surface area contributed by atoms with Crippen molar-refractivity contribution in [2.45, 2.75) is 377 Å². The topological polar surface area (TPSA) is 119 Å². The molecule has 734 valence electrons. The van der Waals surface area contributed by atoms with Crippen LogP contribution in [0.2, 0.25) is 0 Å². The fraction of sp³-hybridized carbons (Fsp3) is 0.542. The lowest BCUT2D eigenvalue weighted by Gasteiger charge is -2.17. The highest BCUT2D eigenvalue weighted by Gasteiger charge is 2.29. The molecule has 0 N–H and O–H groups in total. The van der Waals surface area contributed by atoms with Gasteiger partial charge in [-0.05, 0) is 219 Å². The maximum atomic E-state index is 17.7. The van der Waals surface area contributed by atoms with E-state index < -0.39 is 23.6 Å². The molecule has 3 aromatic carbocycles. The number of esters is 2. The summed E-state index contributed by atoms with van der Waals surface area (Å²) < 4.78 is 61.9. The van der Waals surface area contributed by atoms with Crippen LogP contribution in [0.25, 0.3) is 113 Å². The van der Waals surface area contributed by atoms with Gasteiger partial charge in [-0.15, -0.1) is 90.7 Å². The number of unbranched alkanes of at least 4 members (excludes halogenated alkanes) is 32. The van der Waals surface area contributed by atoms with Crippen LogP contribution >= 0.6 is 90.7 Å². The smallest absolute Gasteiger partial charge is 0.348 e. The molecule has 0 spiro atoms. The fourth-order valence-corrected chi connectivity index (χ4v) is 28.4. The van der Waals surface area contributed by atoms with Crippen molar-refractivity contribution in [3.8, 4) is 104 Å². The molecule has 0 saturated heterocycles. The number of fused-ring (bicyclic) bond motifs is 2. The third-order valence-electron chi connectivity index (χ3n) is 26.7. The Kier molecular flexibility index (Phi) is 48.1. The summed E-state index contributed by atoms with van der Waals surface area (Å²) in [7, 11) is 0. The molecule has 0 aliphatic rings. The Morgan fingerprint density at radius 3 is 0.926 bits per heavy atom. The summed E-state index contributed by atoms with van der Waals surface area (Å²) in [5, 5.41) is 22.9. The summed E-state index contributed by atoms with van der Waals surface area (Å²) in [6.07, 6.45) is 56.5. The first-order valence-electron chi connectivity index (χ1n) is 52.8. The third kappa shape index (κ3) is 32.3. The van der Waals surface area contributed by atoms with Crippen LogP contribution in [0.5, 0.6) is 11.5 Å². The highest BCUT2D eigenvalue weighted by Crippen LogP contribution is 2.57. The Bertz CT molecular complexity index is 5230. The molecular formula is C118H154F2N2O6S8. The Morgan fingerprint density at radius 2 is 0.618 bits per heavy atom. The molecule has 2 atom stereocenters. The number of hydrogen-bond donors (Lipinski definition) is 0. The first-order chi connectivity index (χ1) is 66.6. The predicted octanol–water partition coefficient (Wildman–Crippen LogP) is 40.5. The van der Waals surface area contributed by atoms with Gasteiger partial charge in [0.25, 0.3) is 0 Å². The van der Waals surface area contributed by atoms with Gasteiger partial charge in [0.15, 0.2) is 23.1 Å². The van der Waals surface area contributed by atoms with Crippen LogP contribution in [-0.2, 0) is 44.7 Å². The molecule has 11 rings (SSSR count). The molecule has 8 heterocycles. The van der Waals surface area contributed by atoms with Gasteiger partial charge in [-0.1, -0.05) is 313 Å². The maximum absolute atomic E-state index is 17.7. The zero-order valence-electron chi connectivity index (χ0n) is 83.7. The number of benzene rings is 3. The van der Waals surface area contributed by atoms with Crippen molar-refractivity contribution < 1.29 is 37.3 Å². The van der Waals surface area contributed by atoms with Gasteiger partial charge in [-0.25, -0.2) is 18.4 Å². The van der Waals surface area contributed by atoms with Crippen LogP contribution in [0.4, 0.5) is 8.78 Å². The largest absolute Gasteiger partial charge is 0.490 e. The lowest BCUT2D eigenvalue weighted by molar-refractivity contribution is -0.139. The van der Waals surface area contributed by atoms with Gasteiger partial charge in [0, 0.05) is 99.6 Å². The molecule has 2 unspecified atom stereocenters. The van der Waals surface area contributed by atoms with E-state index in [-0.39, 0.29) is 22.6 Å². The summed E-state index contributed by atoms with van der Waals surface area (Å²) in [4.78, 5) is 43.0. The van der Waals surface area contributed by atoms with Crippen molar-refractivity contribution in [2.24, 2.45) is 11.8 Å². The molecule has 18 heteroatoms. The average Bonchev–Trinajstić information content (AvgIpc) is 1.53. The molecule has 0 aliphatic heterocycles. The summed E-state index contributed by atoms with van der Waals surface area (Å²) in [5.74, 6) is -0.813. The zero-order chi connectivity index (χ0) is 96.2. The second-order valence-electron chi connectivity index (χ2n) is 37.7. The van der Waals surface area contributed by atoms with E-state index in [0.717, 1.165) is 239 Å². The second-order valence-corrected chi connectivity index (χ2v) is 46.2. The van der Waals surface area contributed by atoms with Crippen LogP contribution in [0.15, 0.2) is 108 Å². The van der Waals surface area contributed by atoms with E-state index in [2.05, 4.69) is 154 Å². The van der Waals surface area contributed by atoms with Gasteiger partial charge in [-0.3, -0.25) is 0 Å². The minimum Gasteiger partial charge on any atom is -0.490 e. The van der Waals surface area contributed by atoms with Gasteiger partial charge in [0.1, 0.15) is 23.3 Å². The standard InChI is InChI=1S/C118H154F2N2O6S8/c1-11-21-29-35-41-47-55-87-69-93(71-91(79-121)117(123)125-67-51-45-39-33-25-15-5)129-111(87)101-63-65-103(131-101)113-89(57-49-43-37-31-23-13-3)75-105(133-113)107-77-95-109(85-59-61-99(97(119)73-85)127-81-83(19-9)53-27-17-7)116-96(110(115(95)135-107)86-60-62-100(98(120)74-86)128-82-84(20-10)54-28-18-8)78-108(136-116)106-76-90(58-50-44-38-32-24-14-4)114(134-106)104-66-64-102(132-104)112-88(56-48-42-36-30-22-12-2)70-94(130-112)72-92(80-122)118(124)126-68-52-46-40-34-26-16-6/h59-66,69-78,83-84H,11-58,67-68,81-82H2,1-10H3/b91-71+,92-72+. The molecular weight excluding hydrogens is 1840 g/mol. The molecule has 0 amide bonds. The number of ether oxygens (including phenoxy) is 4. The second kappa shape index (κ2) is 60.0. The molecule has 136 heavy (non-hydrogen) atoms. The molecule has 8 nitrogen and oxygen atoms in total. The van der Waals surface area contributed by atoms with Crippen molar-refractivity contribution in [1.82, 2.24) is 0 Å². The fourth-order valence-electron chi connectivity index (χ4n) is 18.4. The average molecular weight is 1990 g/mol. The van der Waals surface area contributed by atoms with Crippen molar-refractivity contribution in [2.75, 3.05) is 26.4 Å². The monoisotopic (exact) mass is 1990 g/mol. The van der Waals surface area contributed by atoms with Crippen LogP contribution in [0, 0.1) is 46.1 Å². The number of halogens is 2. The van der Waals surface area contributed by atoms with Crippen LogP contribution < -0.4 is 9.47 Å². The summed E-state index contributed by atoms with van der Waals surface area (Å²) in [6, 6.07) is 38.9. The zero-order valence-corrected chi connectivity index (χ0v) is 90.2. The first kappa shape index (κ1) is 109. The quantitative estimate of drug-likeness (QED) is 0.0160. The molecule has 0 bridgehead atoms. The van der Waals surface area contributed by atoms with E-state index in [9.17, 15) is 20.1 Å². The van der Waals surface area contributed by atoms with Crippen LogP contribution in [0.1, 0.15) is 384 Å². The normalized spacial score (nSPS) is 12.4. The van der Waals surface area contributed by atoms with Crippen molar-refractivity contribution >= 4 is 135 Å². The highest BCUT2D eigenvalue weighted by molar-refractivity contribution is 7.32. The molecule has 0 radical (unpaired) electrons. The summed E-state index contributed by atoms with van der Waals surface area (Å²) in [5.41, 5.74) is 8.55. The molecule has 0 fully saturated rings. The van der Waals surface area contributed by atoms with Gasteiger partial charge in [0.2, 0.25) is 0 Å². The van der Waals surface area contributed by atoms with Crippen LogP contribution in [0.3, 0.4) is 0 Å². The highest BCUT2D eigenvalue weighted by atomic mass is 32.1. The lowest BCUT2D eigenvalue weighted by Crippen LogP contribution is -2.12. The van der Waals surface area contributed by atoms with E-state index in [4.69, 9.17) is 18.9 Å². The number of aryl methyl sites for hydroxylation is 4. The minimum absolute atomic E-state index is 0.0283. The van der Waals surface area contributed by atoms with E-state index in [0.29, 0.717) is 38.3 Å². The molecule has 0 aliphatic carbocycles. The van der Waals surface area contributed by atoms with E-state index >= 15 is 8.78 Å². The van der Waals surface area contributed by atoms with Gasteiger partial charge in [-0.2, -0.15) is 10.5 Å². The molecule has 0 saturated carbocycles. The lowest BCUT2D eigenvalue weighted by atomic mass is 9.93. The predicted molar refractivity (Wildman–Crippen MR) is 590 cm³/mol. The summed E-state index contributed by atoms with van der Waals surface area (Å²) >= 11 is 14.2. The van der Waals surface area contributed by atoms with Crippen LogP contribution in [-0.4, -0.2) is 38.4 Å². The Hall–Kier alpha value is -7.36. The Labute approximate surface area is 847 Å². The Morgan fingerprint density at radius 1 is 0.324 bits per heavy atom. The van der Waals surface area contributed by atoms with Gasteiger partial charge >= 0.3 is 11.9 Å². The number of carbonyl (C=O) groups excluding carboxylic acids is 2. The maximum Gasteiger partial charge on any atom is 0.348 e. The minimum atomic E-state index is -0.561. The third-order valence-corrected chi connectivity index (χ3v) is 36.9. The summed E-state index contributed by atoms with van der Waals surface area (Å²) in [6.45, 7) is 23.8. The van der Waals surface area contributed by atoms with Crippen molar-refractivity contribution in [3.63, 3.8) is 0 Å². The van der Waals surface area contributed by atoms with Crippen molar-refractivity contribution in [1.29, 1.82) is 10.5 Å². The van der Waals surface area contributed by atoms with E-state index in [1.807, 2.05) is 57.5 Å². The van der Waals surface area contributed by atoms with E-state index in [1.165, 1.54) is 203 Å². The van der Waals surface area contributed by atoms with E-state index in [1.54, 1.807) is 69.6 Å². The number of nitriles is 2. The number of thiophene rings is 8. The van der Waals surface area contributed by atoms with Gasteiger partial charge in [0.05, 0.1) is 26.4 Å². The number of carbonyl (C=O) groups is 2. The first-order valence-corrected chi connectivity index (χ1v) is 59.4. The van der Waals surface area contributed by atoms with Gasteiger partial charge < -0.3 is 18.9 Å². The number of hydrogen-bond acceptors (Lipinski definition) is 16. The number of rotatable bonds is 68.